The number of hydrogen-bond donors (Lipinski definition) is 2. The standard InChI is InChI=1S/C18H18N2O2/c1-18(2)11-15(20-19-12-7-4-3-5-8-12)13-9-6-10-14(16(13)18)17(21)22/h3-10,19H,11H2,1-2H3,(H,21,22)/b20-15+. The van der Waals surface area contributed by atoms with Gasteiger partial charge in [-0.05, 0) is 29.2 Å². The van der Waals surface area contributed by atoms with Gasteiger partial charge in [0.05, 0.1) is 17.0 Å². The van der Waals surface area contributed by atoms with E-state index in [0.717, 1.165) is 22.5 Å². The fraction of sp³-hybridized carbons (Fsp3) is 0.222. The van der Waals surface area contributed by atoms with Gasteiger partial charge in [-0.3, -0.25) is 5.43 Å². The quantitative estimate of drug-likeness (QED) is 0.844. The highest BCUT2D eigenvalue weighted by atomic mass is 16.4. The topological polar surface area (TPSA) is 61.7 Å². The average molecular weight is 294 g/mol. The lowest BCUT2D eigenvalue weighted by Crippen LogP contribution is -2.17. The van der Waals surface area contributed by atoms with Crippen LogP contribution in [0.4, 0.5) is 5.69 Å². The zero-order valence-corrected chi connectivity index (χ0v) is 12.6. The van der Waals surface area contributed by atoms with Crippen LogP contribution in [0.1, 0.15) is 41.8 Å². The molecule has 112 valence electrons. The third kappa shape index (κ3) is 2.48. The van der Waals surface area contributed by atoms with Gasteiger partial charge in [-0.25, -0.2) is 4.79 Å². The van der Waals surface area contributed by atoms with Crippen LogP contribution in [0, 0.1) is 0 Å². The van der Waals surface area contributed by atoms with Crippen molar-refractivity contribution in [2.45, 2.75) is 25.7 Å². The molecule has 0 radical (unpaired) electrons. The smallest absolute Gasteiger partial charge is 0.336 e. The van der Waals surface area contributed by atoms with Gasteiger partial charge in [0, 0.05) is 12.0 Å². The molecule has 22 heavy (non-hydrogen) atoms. The van der Waals surface area contributed by atoms with Crippen molar-refractivity contribution in [2.24, 2.45) is 5.10 Å². The molecule has 0 aliphatic heterocycles. The molecule has 2 N–H and O–H groups in total. The lowest BCUT2D eigenvalue weighted by atomic mass is 9.83. The molecule has 0 amide bonds. The Hall–Kier alpha value is -2.62. The van der Waals surface area contributed by atoms with Crippen molar-refractivity contribution in [3.8, 4) is 0 Å². The third-order valence-electron chi connectivity index (χ3n) is 3.99. The Morgan fingerprint density at radius 3 is 2.55 bits per heavy atom. The number of aromatic carboxylic acids is 1. The zero-order valence-electron chi connectivity index (χ0n) is 12.6. The second-order valence-corrected chi connectivity index (χ2v) is 6.13. The highest BCUT2D eigenvalue weighted by molar-refractivity contribution is 6.09. The second kappa shape index (κ2) is 5.30. The van der Waals surface area contributed by atoms with E-state index >= 15 is 0 Å². The predicted octanol–water partition coefficient (Wildman–Crippen LogP) is 3.88. The van der Waals surface area contributed by atoms with Gasteiger partial charge in [0.1, 0.15) is 0 Å². The maximum atomic E-state index is 11.5. The van der Waals surface area contributed by atoms with Crippen LogP contribution in [0.2, 0.25) is 0 Å². The minimum Gasteiger partial charge on any atom is -0.478 e. The number of anilines is 1. The maximum Gasteiger partial charge on any atom is 0.336 e. The third-order valence-corrected chi connectivity index (χ3v) is 3.99. The molecule has 2 aromatic rings. The van der Waals surface area contributed by atoms with Gasteiger partial charge in [-0.1, -0.05) is 44.2 Å². The molecule has 0 atom stereocenters. The Bertz CT molecular complexity index is 749. The van der Waals surface area contributed by atoms with Crippen molar-refractivity contribution in [2.75, 3.05) is 5.43 Å². The number of fused-ring (bicyclic) bond motifs is 1. The number of carbonyl (C=O) groups is 1. The van der Waals surface area contributed by atoms with E-state index in [1.165, 1.54) is 0 Å². The first-order chi connectivity index (χ1) is 10.5. The van der Waals surface area contributed by atoms with Crippen molar-refractivity contribution in [3.63, 3.8) is 0 Å². The van der Waals surface area contributed by atoms with Crippen LogP contribution in [0.25, 0.3) is 0 Å². The molecule has 0 unspecified atom stereocenters. The first kappa shape index (κ1) is 14.3. The zero-order chi connectivity index (χ0) is 15.7. The molecule has 4 heteroatoms. The average Bonchev–Trinajstić information content (AvgIpc) is 2.77. The van der Waals surface area contributed by atoms with Gasteiger partial charge in [0.2, 0.25) is 0 Å². The number of carboxylic acids is 1. The van der Waals surface area contributed by atoms with E-state index in [1.54, 1.807) is 12.1 Å². The molecular formula is C18H18N2O2. The molecule has 1 aliphatic carbocycles. The molecule has 0 fully saturated rings. The van der Waals surface area contributed by atoms with E-state index < -0.39 is 5.97 Å². The van der Waals surface area contributed by atoms with Gasteiger partial charge in [0.15, 0.2) is 0 Å². The summed E-state index contributed by atoms with van der Waals surface area (Å²) in [5, 5.41) is 13.9. The summed E-state index contributed by atoms with van der Waals surface area (Å²) in [6, 6.07) is 15.1. The van der Waals surface area contributed by atoms with Crippen LogP contribution >= 0.6 is 0 Å². The van der Waals surface area contributed by atoms with Crippen LogP contribution < -0.4 is 5.43 Å². The van der Waals surface area contributed by atoms with Gasteiger partial charge in [0.25, 0.3) is 0 Å². The highest BCUT2D eigenvalue weighted by Crippen LogP contribution is 2.40. The molecule has 0 aromatic heterocycles. The van der Waals surface area contributed by atoms with Gasteiger partial charge < -0.3 is 5.11 Å². The minimum atomic E-state index is -0.887. The molecule has 1 aliphatic rings. The molecule has 0 spiro atoms. The summed E-state index contributed by atoms with van der Waals surface area (Å²) in [6.07, 6.45) is 0.715. The fourth-order valence-corrected chi connectivity index (χ4v) is 3.05. The van der Waals surface area contributed by atoms with Crippen LogP contribution in [0.3, 0.4) is 0 Å². The monoisotopic (exact) mass is 294 g/mol. The van der Waals surface area contributed by atoms with Gasteiger partial charge in [-0.15, -0.1) is 0 Å². The largest absolute Gasteiger partial charge is 0.478 e. The molecule has 0 heterocycles. The molecule has 4 nitrogen and oxygen atoms in total. The number of nitrogens with zero attached hydrogens (tertiary/aromatic N) is 1. The van der Waals surface area contributed by atoms with Gasteiger partial charge >= 0.3 is 5.97 Å². The second-order valence-electron chi connectivity index (χ2n) is 6.13. The number of benzene rings is 2. The van der Waals surface area contributed by atoms with E-state index in [4.69, 9.17) is 0 Å². The number of rotatable bonds is 3. The number of nitrogens with one attached hydrogen (secondary N) is 1. The van der Waals surface area contributed by atoms with Crippen LogP contribution in [-0.4, -0.2) is 16.8 Å². The molecule has 0 saturated heterocycles. The molecule has 0 saturated carbocycles. The SMILES string of the molecule is CC1(C)C/C(=N\Nc2ccccc2)c2cccc(C(=O)O)c21. The van der Waals surface area contributed by atoms with Crippen molar-refractivity contribution in [3.05, 3.63) is 65.2 Å². The van der Waals surface area contributed by atoms with Crippen LogP contribution in [-0.2, 0) is 5.41 Å². The number of hydrazone groups is 1. The molecule has 2 aromatic carbocycles. The van der Waals surface area contributed by atoms with E-state index in [9.17, 15) is 9.90 Å². The van der Waals surface area contributed by atoms with Crippen LogP contribution in [0.5, 0.6) is 0 Å². The van der Waals surface area contributed by atoms with Crippen molar-refractivity contribution in [1.29, 1.82) is 0 Å². The van der Waals surface area contributed by atoms with Gasteiger partial charge in [-0.2, -0.15) is 5.10 Å². The number of hydrogen-bond acceptors (Lipinski definition) is 3. The Kier molecular flexibility index (Phi) is 3.45. The normalized spacial score (nSPS) is 17.3. The van der Waals surface area contributed by atoms with Crippen molar-refractivity contribution >= 4 is 17.4 Å². The maximum absolute atomic E-state index is 11.5. The molecular weight excluding hydrogens is 276 g/mol. The summed E-state index contributed by atoms with van der Waals surface area (Å²) in [6.45, 7) is 4.12. The Morgan fingerprint density at radius 1 is 1.14 bits per heavy atom. The van der Waals surface area contributed by atoms with Crippen LogP contribution in [0.15, 0.2) is 53.6 Å². The summed E-state index contributed by atoms with van der Waals surface area (Å²) in [7, 11) is 0. The minimum absolute atomic E-state index is 0.235. The summed E-state index contributed by atoms with van der Waals surface area (Å²) in [5.74, 6) is -0.887. The van der Waals surface area contributed by atoms with E-state index in [-0.39, 0.29) is 5.41 Å². The first-order valence-electron chi connectivity index (χ1n) is 7.24. The van der Waals surface area contributed by atoms with E-state index in [0.29, 0.717) is 12.0 Å². The summed E-state index contributed by atoms with van der Waals surface area (Å²) >= 11 is 0. The predicted molar refractivity (Wildman–Crippen MR) is 87.6 cm³/mol. The Morgan fingerprint density at radius 2 is 1.86 bits per heavy atom. The lowest BCUT2D eigenvalue weighted by Gasteiger charge is -2.19. The van der Waals surface area contributed by atoms with E-state index in [1.807, 2.05) is 36.4 Å². The highest BCUT2D eigenvalue weighted by Gasteiger charge is 2.37. The summed E-state index contributed by atoms with van der Waals surface area (Å²) in [5.41, 5.74) is 6.79. The first-order valence-corrected chi connectivity index (χ1v) is 7.24. The van der Waals surface area contributed by atoms with Crippen molar-refractivity contribution in [1.82, 2.24) is 0 Å². The molecule has 3 rings (SSSR count). The Balaban J connectivity index is 2.02. The van der Waals surface area contributed by atoms with E-state index in [2.05, 4.69) is 24.4 Å². The number of carboxylic acid groups (broad SMARTS) is 1. The lowest BCUT2D eigenvalue weighted by molar-refractivity contribution is 0.0694. The Labute approximate surface area is 129 Å². The van der Waals surface area contributed by atoms with Crippen molar-refractivity contribution < 1.29 is 9.90 Å². The summed E-state index contributed by atoms with van der Waals surface area (Å²) in [4.78, 5) is 11.5. The molecule has 0 bridgehead atoms. The summed E-state index contributed by atoms with van der Waals surface area (Å²) < 4.78 is 0. The fourth-order valence-electron chi connectivity index (χ4n) is 3.05. The number of para-hydroxylation sites is 1.